The number of pyridine rings is 1. The number of sulfonamides is 1. The SMILES string of the molecule is CNc1cccnc1S(=O)(=O)Nc1ccc(Br)cc1F. The summed E-state index contributed by atoms with van der Waals surface area (Å²) in [6.45, 7) is 0. The van der Waals surface area contributed by atoms with Gasteiger partial charge in [0.25, 0.3) is 10.0 Å². The highest BCUT2D eigenvalue weighted by atomic mass is 79.9. The number of halogens is 2. The number of hydrogen-bond acceptors (Lipinski definition) is 4. The summed E-state index contributed by atoms with van der Waals surface area (Å²) in [7, 11) is -2.39. The number of nitrogens with zero attached hydrogens (tertiary/aromatic N) is 1. The third-order valence-corrected chi connectivity index (χ3v) is 4.29. The summed E-state index contributed by atoms with van der Waals surface area (Å²) < 4.78 is 40.8. The van der Waals surface area contributed by atoms with Crippen molar-refractivity contribution in [1.82, 2.24) is 4.98 Å². The van der Waals surface area contributed by atoms with Gasteiger partial charge in [-0.05, 0) is 30.3 Å². The molecule has 0 bridgehead atoms. The van der Waals surface area contributed by atoms with Gasteiger partial charge in [-0.1, -0.05) is 15.9 Å². The highest BCUT2D eigenvalue weighted by Gasteiger charge is 2.21. The molecule has 0 amide bonds. The summed E-state index contributed by atoms with van der Waals surface area (Å²) >= 11 is 3.10. The summed E-state index contributed by atoms with van der Waals surface area (Å²) in [5.74, 6) is -0.676. The molecule has 1 heterocycles. The maximum absolute atomic E-state index is 13.7. The zero-order valence-corrected chi connectivity index (χ0v) is 12.8. The van der Waals surface area contributed by atoms with Gasteiger partial charge < -0.3 is 5.32 Å². The molecule has 2 rings (SSSR count). The van der Waals surface area contributed by atoms with Gasteiger partial charge in [0.2, 0.25) is 0 Å². The van der Waals surface area contributed by atoms with Crippen LogP contribution >= 0.6 is 15.9 Å². The van der Waals surface area contributed by atoms with Crippen molar-refractivity contribution in [2.45, 2.75) is 5.03 Å². The van der Waals surface area contributed by atoms with Crippen molar-refractivity contribution in [2.75, 3.05) is 17.1 Å². The van der Waals surface area contributed by atoms with Gasteiger partial charge in [-0.25, -0.2) is 9.37 Å². The van der Waals surface area contributed by atoms with E-state index in [0.29, 0.717) is 10.2 Å². The first kappa shape index (κ1) is 14.7. The van der Waals surface area contributed by atoms with Crippen LogP contribution in [-0.4, -0.2) is 20.4 Å². The first-order valence-corrected chi connectivity index (χ1v) is 7.82. The summed E-state index contributed by atoms with van der Waals surface area (Å²) in [4.78, 5) is 3.82. The zero-order valence-electron chi connectivity index (χ0n) is 10.4. The summed E-state index contributed by atoms with van der Waals surface area (Å²) in [6, 6.07) is 7.22. The lowest BCUT2D eigenvalue weighted by Crippen LogP contribution is -2.17. The molecule has 0 aliphatic rings. The number of aromatic nitrogens is 1. The third kappa shape index (κ3) is 3.07. The highest BCUT2D eigenvalue weighted by Crippen LogP contribution is 2.24. The topological polar surface area (TPSA) is 71.1 Å². The van der Waals surface area contributed by atoms with Gasteiger partial charge in [0.1, 0.15) is 5.82 Å². The molecule has 8 heteroatoms. The fourth-order valence-electron chi connectivity index (χ4n) is 1.56. The third-order valence-electron chi connectivity index (χ3n) is 2.47. The highest BCUT2D eigenvalue weighted by molar-refractivity contribution is 9.10. The van der Waals surface area contributed by atoms with E-state index >= 15 is 0 Å². The van der Waals surface area contributed by atoms with Crippen LogP contribution in [-0.2, 0) is 10.0 Å². The fraction of sp³-hybridized carbons (Fsp3) is 0.0833. The molecule has 0 aliphatic heterocycles. The number of nitrogens with one attached hydrogen (secondary N) is 2. The lowest BCUT2D eigenvalue weighted by molar-refractivity contribution is 0.595. The van der Waals surface area contributed by atoms with Gasteiger partial charge in [-0.15, -0.1) is 0 Å². The van der Waals surface area contributed by atoms with E-state index in [1.54, 1.807) is 25.2 Å². The fourth-order valence-corrected chi connectivity index (χ4v) is 3.10. The Balaban J connectivity index is 2.41. The maximum Gasteiger partial charge on any atom is 0.281 e. The van der Waals surface area contributed by atoms with E-state index in [9.17, 15) is 12.8 Å². The molecule has 0 saturated carbocycles. The molecule has 0 atom stereocenters. The Morgan fingerprint density at radius 2 is 2.00 bits per heavy atom. The maximum atomic E-state index is 13.7. The van der Waals surface area contributed by atoms with Gasteiger partial charge in [0.05, 0.1) is 11.4 Å². The van der Waals surface area contributed by atoms with Gasteiger partial charge in [0.15, 0.2) is 5.03 Å². The molecular weight excluding hydrogens is 349 g/mol. The van der Waals surface area contributed by atoms with Gasteiger partial charge in [0, 0.05) is 17.7 Å². The molecule has 2 N–H and O–H groups in total. The van der Waals surface area contributed by atoms with Gasteiger partial charge >= 0.3 is 0 Å². The van der Waals surface area contributed by atoms with E-state index in [0.717, 1.165) is 0 Å². The normalized spacial score (nSPS) is 11.2. The van der Waals surface area contributed by atoms with E-state index in [1.807, 2.05) is 0 Å². The molecule has 0 unspecified atom stereocenters. The van der Waals surface area contributed by atoms with Crippen molar-refractivity contribution in [2.24, 2.45) is 0 Å². The van der Waals surface area contributed by atoms with Gasteiger partial charge in [-0.3, -0.25) is 4.72 Å². The monoisotopic (exact) mass is 359 g/mol. The minimum Gasteiger partial charge on any atom is -0.386 e. The second kappa shape index (κ2) is 5.76. The number of rotatable bonds is 4. The van der Waals surface area contributed by atoms with Crippen LogP contribution < -0.4 is 10.0 Å². The van der Waals surface area contributed by atoms with Crippen LogP contribution in [0, 0.1) is 5.82 Å². The van der Waals surface area contributed by atoms with E-state index in [4.69, 9.17) is 0 Å². The van der Waals surface area contributed by atoms with Crippen molar-refractivity contribution >= 4 is 37.3 Å². The number of anilines is 2. The molecule has 1 aromatic carbocycles. The Kier molecular flexibility index (Phi) is 4.24. The van der Waals surface area contributed by atoms with E-state index in [-0.39, 0.29) is 10.7 Å². The largest absolute Gasteiger partial charge is 0.386 e. The second-order valence-corrected chi connectivity index (χ2v) is 6.35. The Bertz CT molecular complexity index is 737. The molecule has 0 radical (unpaired) electrons. The van der Waals surface area contributed by atoms with Crippen molar-refractivity contribution < 1.29 is 12.8 Å². The van der Waals surface area contributed by atoms with E-state index in [2.05, 4.69) is 31.0 Å². The molecule has 0 saturated heterocycles. The lowest BCUT2D eigenvalue weighted by atomic mass is 10.3. The van der Waals surface area contributed by atoms with Crippen molar-refractivity contribution in [3.63, 3.8) is 0 Å². The Morgan fingerprint density at radius 1 is 1.25 bits per heavy atom. The average molecular weight is 360 g/mol. The summed E-state index contributed by atoms with van der Waals surface area (Å²) in [5, 5.41) is 2.54. The Hall–Kier alpha value is -1.67. The Morgan fingerprint density at radius 3 is 2.65 bits per heavy atom. The van der Waals surface area contributed by atoms with Crippen LogP contribution in [0.2, 0.25) is 0 Å². The molecule has 20 heavy (non-hydrogen) atoms. The van der Waals surface area contributed by atoms with Crippen molar-refractivity contribution in [3.8, 4) is 0 Å². The predicted octanol–water partition coefficient (Wildman–Crippen LogP) is 2.83. The average Bonchev–Trinajstić information content (AvgIpc) is 2.42. The lowest BCUT2D eigenvalue weighted by Gasteiger charge is -2.11. The molecule has 0 aliphatic carbocycles. The number of benzene rings is 1. The number of hydrogen-bond donors (Lipinski definition) is 2. The Labute approximate surface area is 124 Å². The molecule has 1 aromatic heterocycles. The molecular formula is C12H11BrFN3O2S. The minimum atomic E-state index is -3.97. The van der Waals surface area contributed by atoms with Crippen molar-refractivity contribution in [1.29, 1.82) is 0 Å². The van der Waals surface area contributed by atoms with E-state index < -0.39 is 15.8 Å². The van der Waals surface area contributed by atoms with Crippen molar-refractivity contribution in [3.05, 3.63) is 46.8 Å². The first-order chi connectivity index (χ1) is 9.44. The van der Waals surface area contributed by atoms with Crippen LogP contribution in [0.4, 0.5) is 15.8 Å². The predicted molar refractivity (Wildman–Crippen MR) is 78.7 cm³/mol. The van der Waals surface area contributed by atoms with E-state index in [1.165, 1.54) is 18.3 Å². The molecule has 5 nitrogen and oxygen atoms in total. The second-order valence-electron chi connectivity index (χ2n) is 3.84. The summed E-state index contributed by atoms with van der Waals surface area (Å²) in [6.07, 6.45) is 1.35. The van der Waals surface area contributed by atoms with Crippen LogP contribution in [0.1, 0.15) is 0 Å². The first-order valence-electron chi connectivity index (χ1n) is 5.54. The smallest absolute Gasteiger partial charge is 0.281 e. The molecule has 0 fully saturated rings. The quantitative estimate of drug-likeness (QED) is 0.880. The molecule has 0 spiro atoms. The van der Waals surface area contributed by atoms with Crippen LogP contribution in [0.5, 0.6) is 0 Å². The molecule has 106 valence electrons. The van der Waals surface area contributed by atoms with Crippen LogP contribution in [0.15, 0.2) is 46.0 Å². The summed E-state index contributed by atoms with van der Waals surface area (Å²) in [5.41, 5.74) is 0.193. The minimum absolute atomic E-state index is 0.138. The van der Waals surface area contributed by atoms with Crippen LogP contribution in [0.3, 0.4) is 0 Å². The molecule has 2 aromatic rings. The standard InChI is InChI=1S/C12H11BrFN3O2S/c1-15-11-3-2-6-16-12(11)20(18,19)17-10-5-4-8(13)7-9(10)14/h2-7,15,17H,1H3. The van der Waals surface area contributed by atoms with Crippen LogP contribution in [0.25, 0.3) is 0 Å². The zero-order chi connectivity index (χ0) is 14.8. The van der Waals surface area contributed by atoms with Gasteiger partial charge in [-0.2, -0.15) is 8.42 Å².